The van der Waals surface area contributed by atoms with Crippen LogP contribution in [0.2, 0.25) is 0 Å². The maximum absolute atomic E-state index is 13.4. The zero-order valence-corrected chi connectivity index (χ0v) is 8.19. The molecular formula is C9H8FN3O2. The van der Waals surface area contributed by atoms with Crippen molar-refractivity contribution in [3.05, 3.63) is 39.6 Å². The molecule has 0 aliphatic carbocycles. The molecule has 0 aliphatic rings. The number of halogens is 1. The number of nitrogens with zero attached hydrogens (tertiary/aromatic N) is 3. The van der Waals surface area contributed by atoms with E-state index in [0.717, 1.165) is 6.07 Å². The highest BCUT2D eigenvalue weighted by Crippen LogP contribution is 2.20. The average molecular weight is 209 g/mol. The van der Waals surface area contributed by atoms with Crippen LogP contribution in [0, 0.1) is 29.8 Å². The fourth-order valence-electron chi connectivity index (χ4n) is 1.42. The van der Waals surface area contributed by atoms with Gasteiger partial charge in [-0.3, -0.25) is 14.5 Å². The molecule has 6 heteroatoms. The summed E-state index contributed by atoms with van der Waals surface area (Å²) in [7, 11) is 0. The number of nitro groups is 1. The van der Waals surface area contributed by atoms with Crippen LogP contribution in [0.15, 0.2) is 12.3 Å². The van der Waals surface area contributed by atoms with E-state index in [1.54, 1.807) is 13.8 Å². The lowest BCUT2D eigenvalue weighted by molar-refractivity contribution is -0.385. The van der Waals surface area contributed by atoms with Gasteiger partial charge in [0, 0.05) is 5.69 Å². The van der Waals surface area contributed by atoms with Crippen molar-refractivity contribution < 1.29 is 9.31 Å². The molecule has 0 radical (unpaired) electrons. The van der Waals surface area contributed by atoms with Gasteiger partial charge in [-0.15, -0.1) is 0 Å². The summed E-state index contributed by atoms with van der Waals surface area (Å²) in [6.07, 6.45) is 1.27. The summed E-state index contributed by atoms with van der Waals surface area (Å²) in [5.74, 6) is -0.680. The third-order valence-electron chi connectivity index (χ3n) is 2.35. The van der Waals surface area contributed by atoms with E-state index in [1.165, 1.54) is 10.6 Å². The zero-order chi connectivity index (χ0) is 11.2. The fourth-order valence-corrected chi connectivity index (χ4v) is 1.42. The molecule has 0 fully saturated rings. The van der Waals surface area contributed by atoms with Crippen LogP contribution in [0.1, 0.15) is 11.4 Å². The highest BCUT2D eigenvalue weighted by Gasteiger charge is 2.15. The minimum absolute atomic E-state index is 0.121. The van der Waals surface area contributed by atoms with E-state index in [4.69, 9.17) is 0 Å². The maximum atomic E-state index is 13.4. The molecule has 0 aromatic carbocycles. The van der Waals surface area contributed by atoms with Crippen molar-refractivity contribution in [3.8, 4) is 0 Å². The van der Waals surface area contributed by atoms with Crippen molar-refractivity contribution in [2.75, 3.05) is 0 Å². The van der Waals surface area contributed by atoms with Gasteiger partial charge in [-0.05, 0) is 13.8 Å². The van der Waals surface area contributed by atoms with Crippen LogP contribution in [-0.2, 0) is 0 Å². The Morgan fingerprint density at radius 2 is 2.20 bits per heavy atom. The van der Waals surface area contributed by atoms with Crippen molar-refractivity contribution in [2.24, 2.45) is 0 Å². The number of pyridine rings is 1. The van der Waals surface area contributed by atoms with Gasteiger partial charge < -0.3 is 0 Å². The molecule has 0 N–H and O–H groups in total. The van der Waals surface area contributed by atoms with Crippen LogP contribution in [-0.4, -0.2) is 14.3 Å². The molecule has 2 heterocycles. The molecule has 2 rings (SSSR count). The smallest absolute Gasteiger partial charge is 0.288 e. The van der Waals surface area contributed by atoms with Crippen LogP contribution in [0.4, 0.5) is 10.1 Å². The Morgan fingerprint density at radius 1 is 1.53 bits per heavy atom. The molecule has 0 aliphatic heterocycles. The minimum Gasteiger partial charge on any atom is -0.295 e. The number of hydrogen-bond acceptors (Lipinski definition) is 3. The summed E-state index contributed by atoms with van der Waals surface area (Å²) >= 11 is 0. The van der Waals surface area contributed by atoms with Crippen LogP contribution in [0.25, 0.3) is 5.65 Å². The molecule has 2 aromatic rings. The van der Waals surface area contributed by atoms with Gasteiger partial charge in [0.2, 0.25) is 0 Å². The number of aromatic nitrogens is 2. The van der Waals surface area contributed by atoms with E-state index in [1.807, 2.05) is 0 Å². The Kier molecular flexibility index (Phi) is 1.92. The van der Waals surface area contributed by atoms with E-state index >= 15 is 0 Å². The number of hydrogen-bond donors (Lipinski definition) is 0. The number of rotatable bonds is 1. The van der Waals surface area contributed by atoms with Gasteiger partial charge in [0.1, 0.15) is 0 Å². The van der Waals surface area contributed by atoms with Crippen molar-refractivity contribution >= 4 is 11.3 Å². The van der Waals surface area contributed by atoms with Crippen LogP contribution >= 0.6 is 0 Å². The normalized spacial score (nSPS) is 10.9. The molecule has 15 heavy (non-hydrogen) atoms. The number of fused-ring (bicyclic) bond motifs is 1. The lowest BCUT2D eigenvalue weighted by Crippen LogP contribution is -1.96. The Hall–Kier alpha value is -1.98. The lowest BCUT2D eigenvalue weighted by Gasteiger charge is -1.97. The second-order valence-electron chi connectivity index (χ2n) is 3.28. The van der Waals surface area contributed by atoms with Gasteiger partial charge >= 0.3 is 0 Å². The second-order valence-corrected chi connectivity index (χ2v) is 3.28. The standard InChI is InChI=1S/C9H8FN3O2/c1-5-6(2)12-4-7(13(14)15)3-8(10)9(12)11-5/h3-4H,1-2H3. The van der Waals surface area contributed by atoms with Gasteiger partial charge in [-0.2, -0.15) is 0 Å². The van der Waals surface area contributed by atoms with Gasteiger partial charge in [0.15, 0.2) is 11.5 Å². The van der Waals surface area contributed by atoms with Crippen LogP contribution < -0.4 is 0 Å². The molecule has 0 bridgehead atoms. The molecule has 0 amide bonds. The Morgan fingerprint density at radius 3 is 2.80 bits per heavy atom. The minimum atomic E-state index is -0.680. The first kappa shape index (κ1) is 9.57. The van der Waals surface area contributed by atoms with Crippen LogP contribution in [0.3, 0.4) is 0 Å². The Balaban J connectivity index is 2.85. The third kappa shape index (κ3) is 1.34. The first-order chi connectivity index (χ1) is 7.00. The molecular weight excluding hydrogens is 201 g/mol. The zero-order valence-electron chi connectivity index (χ0n) is 8.19. The van der Waals surface area contributed by atoms with E-state index in [-0.39, 0.29) is 11.3 Å². The van der Waals surface area contributed by atoms with Gasteiger partial charge in [0.05, 0.1) is 22.9 Å². The Bertz CT molecular complexity index is 562. The molecule has 0 spiro atoms. The highest BCUT2D eigenvalue weighted by molar-refractivity contribution is 5.49. The highest BCUT2D eigenvalue weighted by atomic mass is 19.1. The molecule has 78 valence electrons. The summed E-state index contributed by atoms with van der Waals surface area (Å²) in [4.78, 5) is 13.9. The molecule has 0 saturated carbocycles. The van der Waals surface area contributed by atoms with Gasteiger partial charge in [0.25, 0.3) is 5.69 Å². The van der Waals surface area contributed by atoms with Crippen molar-refractivity contribution in [1.82, 2.24) is 9.38 Å². The van der Waals surface area contributed by atoms with E-state index in [2.05, 4.69) is 4.98 Å². The first-order valence-electron chi connectivity index (χ1n) is 4.30. The predicted molar refractivity (Wildman–Crippen MR) is 51.3 cm³/mol. The summed E-state index contributed by atoms with van der Waals surface area (Å²) in [5.41, 5.74) is 1.21. The molecule has 0 saturated heterocycles. The molecule has 5 nitrogen and oxygen atoms in total. The topological polar surface area (TPSA) is 60.4 Å². The SMILES string of the molecule is Cc1nc2c(F)cc([N+](=O)[O-])cn2c1C. The molecule has 0 atom stereocenters. The monoisotopic (exact) mass is 209 g/mol. The van der Waals surface area contributed by atoms with Crippen molar-refractivity contribution in [2.45, 2.75) is 13.8 Å². The molecule has 0 unspecified atom stereocenters. The summed E-state index contributed by atoms with van der Waals surface area (Å²) in [5, 5.41) is 10.5. The van der Waals surface area contributed by atoms with E-state index < -0.39 is 10.7 Å². The lowest BCUT2D eigenvalue weighted by atomic mass is 10.3. The Labute approximate surface area is 84.3 Å². The maximum Gasteiger partial charge on any atom is 0.288 e. The number of aryl methyl sites for hydroxylation is 2. The van der Waals surface area contributed by atoms with E-state index in [9.17, 15) is 14.5 Å². The summed E-state index contributed by atoms with van der Waals surface area (Å²) in [6, 6.07) is 0.876. The fraction of sp³-hybridized carbons (Fsp3) is 0.222. The van der Waals surface area contributed by atoms with E-state index in [0.29, 0.717) is 11.4 Å². The van der Waals surface area contributed by atoms with Crippen molar-refractivity contribution in [3.63, 3.8) is 0 Å². The molecule has 2 aromatic heterocycles. The third-order valence-corrected chi connectivity index (χ3v) is 2.35. The first-order valence-corrected chi connectivity index (χ1v) is 4.30. The average Bonchev–Trinajstić information content (AvgIpc) is 2.45. The quantitative estimate of drug-likeness (QED) is 0.533. The predicted octanol–water partition coefficient (Wildman–Crippen LogP) is 2.00. The summed E-state index contributed by atoms with van der Waals surface area (Å²) < 4.78 is 14.8. The van der Waals surface area contributed by atoms with Gasteiger partial charge in [-0.1, -0.05) is 0 Å². The number of imidazole rings is 1. The van der Waals surface area contributed by atoms with Gasteiger partial charge in [-0.25, -0.2) is 9.37 Å². The second kappa shape index (κ2) is 3.01. The largest absolute Gasteiger partial charge is 0.295 e. The summed E-state index contributed by atoms with van der Waals surface area (Å²) in [6.45, 7) is 3.46. The van der Waals surface area contributed by atoms with Crippen molar-refractivity contribution in [1.29, 1.82) is 0 Å². The van der Waals surface area contributed by atoms with Crippen LogP contribution in [0.5, 0.6) is 0 Å².